The maximum absolute atomic E-state index is 12.9. The van der Waals surface area contributed by atoms with Gasteiger partial charge in [-0.3, -0.25) is 9.88 Å². The molecule has 0 bridgehead atoms. The average Bonchev–Trinajstić information content (AvgIpc) is 3.41. The minimum atomic E-state index is -0.952. The van der Waals surface area contributed by atoms with E-state index in [0.717, 1.165) is 52.9 Å². The van der Waals surface area contributed by atoms with Crippen LogP contribution in [0.2, 0.25) is 0 Å². The molecule has 2 aromatic heterocycles. The second-order valence-corrected chi connectivity index (χ2v) is 13.8. The number of H-pyrrole nitrogens is 1. The van der Waals surface area contributed by atoms with Crippen LogP contribution in [0.1, 0.15) is 88.6 Å². The number of aliphatic imine (C=N–C) groups is 1. The quantitative estimate of drug-likeness (QED) is 0.162. The number of guanidine groups is 1. The van der Waals surface area contributed by atoms with Crippen molar-refractivity contribution in [2.75, 3.05) is 0 Å². The van der Waals surface area contributed by atoms with Crippen LogP contribution in [0.4, 0.5) is 9.59 Å². The molecule has 5 rings (SSSR count). The number of hydrogen-bond donors (Lipinski definition) is 2. The standard InChI is InChI=1S/C36H45N7O4/c1-35(2,3)46-33(44)43(34(45)47-36(4,5)6)32(37)39-21-24-16-18-25(19-17-24)22-42(23-30-40-27-13-7-8-14-28(27)41-30)29-15-9-11-26-12-10-20-38-31(26)29/h7-8,10,12-14,16-20,29H,9,11,15,21-23H2,1-6H3,(H2,37,39)(H,40,41). The number of aryl methyl sites for hydroxylation is 1. The number of imidazole rings is 1. The van der Waals surface area contributed by atoms with Gasteiger partial charge in [0.15, 0.2) is 0 Å². The van der Waals surface area contributed by atoms with Crippen LogP contribution in [-0.2, 0) is 35.5 Å². The number of carbonyl (C=O) groups excluding carboxylic acids is 2. The summed E-state index contributed by atoms with van der Waals surface area (Å²) in [6.45, 7) is 11.7. The van der Waals surface area contributed by atoms with Crippen LogP contribution in [0.5, 0.6) is 0 Å². The average molecular weight is 640 g/mol. The molecule has 248 valence electrons. The molecule has 0 spiro atoms. The number of ether oxygens (including phenoxy) is 2. The topological polar surface area (TPSA) is 139 Å². The fourth-order valence-corrected chi connectivity index (χ4v) is 5.59. The van der Waals surface area contributed by atoms with E-state index >= 15 is 0 Å². The third kappa shape index (κ3) is 8.94. The number of amides is 2. The van der Waals surface area contributed by atoms with Crippen molar-refractivity contribution in [2.24, 2.45) is 10.7 Å². The summed E-state index contributed by atoms with van der Waals surface area (Å²) in [4.78, 5) is 46.4. The largest absolute Gasteiger partial charge is 0.443 e. The minimum Gasteiger partial charge on any atom is -0.443 e. The van der Waals surface area contributed by atoms with Gasteiger partial charge in [-0.15, -0.1) is 4.90 Å². The summed E-state index contributed by atoms with van der Waals surface area (Å²) in [5.41, 5.74) is 10.9. The molecule has 1 aliphatic rings. The van der Waals surface area contributed by atoms with E-state index < -0.39 is 23.4 Å². The van der Waals surface area contributed by atoms with Crippen molar-refractivity contribution < 1.29 is 19.1 Å². The first kappa shape index (κ1) is 33.6. The highest BCUT2D eigenvalue weighted by Crippen LogP contribution is 2.35. The number of rotatable bonds is 7. The highest BCUT2D eigenvalue weighted by molar-refractivity contribution is 6.07. The molecule has 47 heavy (non-hydrogen) atoms. The molecule has 0 radical (unpaired) electrons. The number of aromatic amines is 1. The molecule has 2 amide bonds. The molecule has 3 N–H and O–H groups in total. The Labute approximate surface area is 276 Å². The van der Waals surface area contributed by atoms with E-state index in [-0.39, 0.29) is 18.5 Å². The van der Waals surface area contributed by atoms with Crippen LogP contribution < -0.4 is 5.73 Å². The molecule has 0 aliphatic heterocycles. The van der Waals surface area contributed by atoms with Crippen LogP contribution in [-0.4, -0.2) is 54.1 Å². The van der Waals surface area contributed by atoms with Crippen molar-refractivity contribution in [3.05, 3.63) is 95.1 Å². The predicted octanol–water partition coefficient (Wildman–Crippen LogP) is 7.02. The number of nitrogens with zero attached hydrogens (tertiary/aromatic N) is 5. The fraction of sp³-hybridized carbons (Fsp3) is 0.417. The van der Waals surface area contributed by atoms with E-state index in [0.29, 0.717) is 18.0 Å². The van der Waals surface area contributed by atoms with E-state index in [1.165, 1.54) is 5.56 Å². The Balaban J connectivity index is 1.34. The maximum Gasteiger partial charge on any atom is 0.427 e. The second-order valence-electron chi connectivity index (χ2n) is 13.8. The van der Waals surface area contributed by atoms with Gasteiger partial charge in [0.25, 0.3) is 0 Å². The van der Waals surface area contributed by atoms with Crippen LogP contribution in [0.15, 0.2) is 71.9 Å². The van der Waals surface area contributed by atoms with E-state index in [1.807, 2.05) is 48.7 Å². The molecule has 1 unspecified atom stereocenters. The number of fused-ring (bicyclic) bond motifs is 2. The number of para-hydroxylation sites is 2. The summed E-state index contributed by atoms with van der Waals surface area (Å²) >= 11 is 0. The van der Waals surface area contributed by atoms with Crippen LogP contribution >= 0.6 is 0 Å². The van der Waals surface area contributed by atoms with E-state index in [1.54, 1.807) is 41.5 Å². The number of benzene rings is 2. The highest BCUT2D eigenvalue weighted by Gasteiger charge is 2.34. The maximum atomic E-state index is 12.9. The zero-order valence-electron chi connectivity index (χ0n) is 28.1. The second kappa shape index (κ2) is 13.9. The summed E-state index contributed by atoms with van der Waals surface area (Å²) < 4.78 is 10.8. The van der Waals surface area contributed by atoms with E-state index in [2.05, 4.69) is 33.1 Å². The summed E-state index contributed by atoms with van der Waals surface area (Å²) in [7, 11) is 0. The zero-order valence-corrected chi connectivity index (χ0v) is 28.1. The van der Waals surface area contributed by atoms with Crippen LogP contribution in [0.25, 0.3) is 11.0 Å². The lowest BCUT2D eigenvalue weighted by Crippen LogP contribution is -2.50. The molecule has 11 nitrogen and oxygen atoms in total. The van der Waals surface area contributed by atoms with Gasteiger partial charge in [-0.05, 0) is 95.7 Å². The summed E-state index contributed by atoms with van der Waals surface area (Å²) in [6, 6.07) is 20.5. The molecule has 2 heterocycles. The van der Waals surface area contributed by atoms with Gasteiger partial charge in [-0.2, -0.15) is 0 Å². The van der Waals surface area contributed by atoms with Crippen molar-refractivity contribution in [3.63, 3.8) is 0 Å². The van der Waals surface area contributed by atoms with Crippen molar-refractivity contribution in [1.29, 1.82) is 0 Å². The summed E-state index contributed by atoms with van der Waals surface area (Å²) in [5.74, 6) is 0.605. The smallest absolute Gasteiger partial charge is 0.427 e. The molecule has 1 aliphatic carbocycles. The van der Waals surface area contributed by atoms with Crippen molar-refractivity contribution in [3.8, 4) is 0 Å². The zero-order chi connectivity index (χ0) is 33.8. The Bertz CT molecular complexity index is 1670. The first-order chi connectivity index (χ1) is 22.3. The number of pyridine rings is 1. The predicted molar refractivity (Wildman–Crippen MR) is 181 cm³/mol. The Hall–Kier alpha value is -4.77. The van der Waals surface area contributed by atoms with Gasteiger partial charge in [-0.1, -0.05) is 42.5 Å². The van der Waals surface area contributed by atoms with Gasteiger partial charge in [-0.25, -0.2) is 19.6 Å². The number of aromatic nitrogens is 3. The monoisotopic (exact) mass is 639 g/mol. The van der Waals surface area contributed by atoms with Crippen molar-refractivity contribution in [2.45, 2.75) is 97.7 Å². The molecule has 2 aromatic carbocycles. The first-order valence-electron chi connectivity index (χ1n) is 16.0. The highest BCUT2D eigenvalue weighted by atomic mass is 16.6. The lowest BCUT2D eigenvalue weighted by Gasteiger charge is -2.34. The first-order valence-corrected chi connectivity index (χ1v) is 16.0. The Kier molecular flexibility index (Phi) is 9.95. The lowest BCUT2D eigenvalue weighted by molar-refractivity contribution is 0.0145. The molecule has 4 aromatic rings. The molecule has 0 saturated heterocycles. The Morgan fingerprint density at radius 1 is 0.915 bits per heavy atom. The minimum absolute atomic E-state index is 0.150. The number of carbonyl (C=O) groups is 2. The van der Waals surface area contributed by atoms with Gasteiger partial charge in [0.05, 0.1) is 35.9 Å². The Morgan fingerprint density at radius 2 is 1.57 bits per heavy atom. The van der Waals surface area contributed by atoms with Gasteiger partial charge < -0.3 is 20.2 Å². The number of nitrogens with one attached hydrogen (secondary N) is 1. The van der Waals surface area contributed by atoms with Gasteiger partial charge in [0.1, 0.15) is 17.0 Å². The molecule has 1 atom stereocenters. The van der Waals surface area contributed by atoms with E-state index in [4.69, 9.17) is 25.2 Å². The van der Waals surface area contributed by atoms with Crippen molar-refractivity contribution in [1.82, 2.24) is 24.8 Å². The number of imide groups is 1. The van der Waals surface area contributed by atoms with E-state index in [9.17, 15) is 9.59 Å². The lowest BCUT2D eigenvalue weighted by atomic mass is 9.90. The normalized spacial score (nSPS) is 15.4. The molecule has 11 heteroatoms. The number of hydrogen-bond acceptors (Lipinski definition) is 8. The Morgan fingerprint density at radius 3 is 2.23 bits per heavy atom. The molecular formula is C36H45N7O4. The molecular weight excluding hydrogens is 594 g/mol. The number of nitrogens with two attached hydrogens (primary N) is 1. The SMILES string of the molecule is CC(C)(C)OC(=O)N(C(=O)OC(C)(C)C)C(N)=NCc1ccc(CN(Cc2nc3ccccc3[nH]2)C2CCCc3cccnc32)cc1. The van der Waals surface area contributed by atoms with Gasteiger partial charge in [0, 0.05) is 12.7 Å². The summed E-state index contributed by atoms with van der Waals surface area (Å²) in [6.07, 6.45) is 3.13. The summed E-state index contributed by atoms with van der Waals surface area (Å²) in [5, 5.41) is 0. The third-order valence-corrected chi connectivity index (χ3v) is 7.61. The van der Waals surface area contributed by atoms with Gasteiger partial charge >= 0.3 is 12.2 Å². The molecule has 0 saturated carbocycles. The van der Waals surface area contributed by atoms with Crippen molar-refractivity contribution >= 4 is 29.2 Å². The van der Waals surface area contributed by atoms with Crippen LogP contribution in [0.3, 0.4) is 0 Å². The fourth-order valence-electron chi connectivity index (χ4n) is 5.59. The van der Waals surface area contributed by atoms with Crippen LogP contribution in [0, 0.1) is 0 Å². The van der Waals surface area contributed by atoms with Gasteiger partial charge in [0.2, 0.25) is 5.96 Å². The third-order valence-electron chi connectivity index (χ3n) is 7.61. The molecule has 0 fully saturated rings.